The Morgan fingerprint density at radius 2 is 1.61 bits per heavy atom. The van der Waals surface area contributed by atoms with E-state index in [2.05, 4.69) is 21.6 Å². The maximum Gasteiger partial charge on any atom is 0.263 e. The summed E-state index contributed by atoms with van der Waals surface area (Å²) in [6.45, 7) is 4.52. The predicted molar refractivity (Wildman–Crippen MR) is 111 cm³/mol. The summed E-state index contributed by atoms with van der Waals surface area (Å²) in [6, 6.07) is 14.0. The molecule has 0 aliphatic carbocycles. The Kier molecular flexibility index (Phi) is 6.46. The number of hydrogen-bond donors (Lipinski definition) is 1. The van der Waals surface area contributed by atoms with Gasteiger partial charge in [0.25, 0.3) is 15.9 Å². The number of unbranched alkanes of at least 4 members (excludes halogenated alkanes) is 3. The number of ether oxygens (including phenoxy) is 1. The Morgan fingerprint density at radius 3 is 2.29 bits per heavy atom. The van der Waals surface area contributed by atoms with Gasteiger partial charge < -0.3 is 4.74 Å². The van der Waals surface area contributed by atoms with Crippen molar-refractivity contribution in [3.05, 3.63) is 54.1 Å². The summed E-state index contributed by atoms with van der Waals surface area (Å²) in [4.78, 5) is 9.08. The van der Waals surface area contributed by atoms with Gasteiger partial charge in [-0.25, -0.2) is 18.4 Å². The molecule has 0 fully saturated rings. The number of anilines is 1. The summed E-state index contributed by atoms with van der Waals surface area (Å²) in [6.07, 6.45) is 4.21. The molecule has 0 amide bonds. The molecule has 0 bridgehead atoms. The quantitative estimate of drug-likeness (QED) is 0.528. The summed E-state index contributed by atoms with van der Waals surface area (Å²) in [5.74, 6) is 0.306. The molecule has 0 atom stereocenters. The van der Waals surface area contributed by atoms with Crippen LogP contribution in [-0.2, 0) is 10.0 Å². The Hall–Kier alpha value is -2.67. The van der Waals surface area contributed by atoms with Crippen molar-refractivity contribution in [1.29, 1.82) is 0 Å². The third-order valence-electron chi connectivity index (χ3n) is 4.34. The number of hydrogen-bond acceptors (Lipinski definition) is 5. The van der Waals surface area contributed by atoms with Crippen molar-refractivity contribution in [1.82, 2.24) is 9.97 Å². The lowest BCUT2D eigenvalue weighted by Gasteiger charge is -2.13. The fraction of sp³-hybridized carbons (Fsp3) is 0.333. The lowest BCUT2D eigenvalue weighted by molar-refractivity contribution is 0.295. The number of benzene rings is 2. The molecule has 148 valence electrons. The lowest BCUT2D eigenvalue weighted by Crippen LogP contribution is -2.16. The second kappa shape index (κ2) is 9.01. The SMILES string of the molecule is CCCCCCOc1nc2ccccc2nc1NS(=O)(=O)c1ccc(C)cc1. The highest BCUT2D eigenvalue weighted by molar-refractivity contribution is 7.92. The van der Waals surface area contributed by atoms with E-state index in [0.717, 1.165) is 31.2 Å². The summed E-state index contributed by atoms with van der Waals surface area (Å²) >= 11 is 0. The average Bonchev–Trinajstić information content (AvgIpc) is 2.68. The van der Waals surface area contributed by atoms with Crippen LogP contribution in [0.15, 0.2) is 53.4 Å². The number of nitrogens with one attached hydrogen (secondary N) is 1. The van der Waals surface area contributed by atoms with E-state index < -0.39 is 10.0 Å². The van der Waals surface area contributed by atoms with Crippen molar-refractivity contribution in [3.8, 4) is 5.88 Å². The number of nitrogens with zero attached hydrogens (tertiary/aromatic N) is 2. The fourth-order valence-electron chi connectivity index (χ4n) is 2.75. The first-order valence-electron chi connectivity index (χ1n) is 9.48. The molecule has 0 radical (unpaired) electrons. The minimum Gasteiger partial charge on any atom is -0.475 e. The first kappa shape index (κ1) is 20.1. The lowest BCUT2D eigenvalue weighted by atomic mass is 10.2. The Balaban J connectivity index is 1.88. The number of sulfonamides is 1. The van der Waals surface area contributed by atoms with E-state index in [4.69, 9.17) is 4.74 Å². The highest BCUT2D eigenvalue weighted by Crippen LogP contribution is 2.26. The van der Waals surface area contributed by atoms with E-state index in [-0.39, 0.29) is 16.6 Å². The van der Waals surface area contributed by atoms with Crippen molar-refractivity contribution in [3.63, 3.8) is 0 Å². The zero-order valence-electron chi connectivity index (χ0n) is 16.2. The normalized spacial score (nSPS) is 11.5. The molecule has 1 heterocycles. The van der Waals surface area contributed by atoms with Crippen LogP contribution in [0.2, 0.25) is 0 Å². The van der Waals surface area contributed by atoms with Crippen molar-refractivity contribution in [2.45, 2.75) is 44.4 Å². The van der Waals surface area contributed by atoms with Crippen molar-refractivity contribution in [2.24, 2.45) is 0 Å². The van der Waals surface area contributed by atoms with Crippen LogP contribution >= 0.6 is 0 Å². The van der Waals surface area contributed by atoms with Crippen LogP contribution in [0.3, 0.4) is 0 Å². The molecule has 2 aromatic carbocycles. The smallest absolute Gasteiger partial charge is 0.263 e. The topological polar surface area (TPSA) is 81.2 Å². The van der Waals surface area contributed by atoms with E-state index in [1.165, 1.54) is 0 Å². The molecule has 0 aliphatic heterocycles. The maximum atomic E-state index is 12.8. The fourth-order valence-corrected chi connectivity index (χ4v) is 3.75. The van der Waals surface area contributed by atoms with Gasteiger partial charge in [0, 0.05) is 0 Å². The number of fused-ring (bicyclic) bond motifs is 1. The average molecular weight is 400 g/mol. The molecular weight excluding hydrogens is 374 g/mol. The minimum absolute atomic E-state index is 0.106. The van der Waals surface area contributed by atoms with Crippen LogP contribution in [0.5, 0.6) is 5.88 Å². The second-order valence-corrected chi connectivity index (χ2v) is 8.38. The molecule has 1 N–H and O–H groups in total. The van der Waals surface area contributed by atoms with Gasteiger partial charge in [-0.05, 0) is 37.6 Å². The van der Waals surface area contributed by atoms with Gasteiger partial charge in [-0.15, -0.1) is 0 Å². The molecule has 6 nitrogen and oxygen atoms in total. The summed E-state index contributed by atoms with van der Waals surface area (Å²) in [5.41, 5.74) is 2.24. The monoisotopic (exact) mass is 399 g/mol. The molecule has 3 aromatic rings. The van der Waals surface area contributed by atoms with E-state index >= 15 is 0 Å². The van der Waals surface area contributed by atoms with Crippen LogP contribution in [0, 0.1) is 6.92 Å². The van der Waals surface area contributed by atoms with Gasteiger partial charge in [0.1, 0.15) is 0 Å². The predicted octanol–water partition coefficient (Wildman–Crippen LogP) is 4.70. The summed E-state index contributed by atoms with van der Waals surface area (Å²) in [7, 11) is -3.79. The van der Waals surface area contributed by atoms with E-state index in [0.29, 0.717) is 17.6 Å². The van der Waals surface area contributed by atoms with E-state index in [1.54, 1.807) is 30.3 Å². The van der Waals surface area contributed by atoms with Crippen LogP contribution in [0.4, 0.5) is 5.82 Å². The van der Waals surface area contributed by atoms with Crippen LogP contribution in [0.25, 0.3) is 11.0 Å². The third kappa shape index (κ3) is 4.98. The van der Waals surface area contributed by atoms with Gasteiger partial charge in [0.2, 0.25) is 5.82 Å². The molecule has 0 saturated heterocycles. The first-order chi connectivity index (χ1) is 13.5. The van der Waals surface area contributed by atoms with Crippen molar-refractivity contribution < 1.29 is 13.2 Å². The molecule has 7 heteroatoms. The van der Waals surface area contributed by atoms with Crippen LogP contribution < -0.4 is 9.46 Å². The molecule has 0 aliphatic rings. The first-order valence-corrected chi connectivity index (χ1v) is 11.0. The third-order valence-corrected chi connectivity index (χ3v) is 5.69. The van der Waals surface area contributed by atoms with Gasteiger partial charge in [-0.3, -0.25) is 4.72 Å². The molecule has 28 heavy (non-hydrogen) atoms. The molecule has 0 unspecified atom stereocenters. The second-order valence-electron chi connectivity index (χ2n) is 6.69. The molecule has 0 spiro atoms. The standard InChI is InChI=1S/C21H25N3O3S/c1-3-4-5-8-15-27-21-20(22-18-9-6-7-10-19(18)23-21)24-28(25,26)17-13-11-16(2)12-14-17/h6-7,9-14H,3-5,8,15H2,1-2H3,(H,22,24). The van der Waals surface area contributed by atoms with Gasteiger partial charge in [-0.2, -0.15) is 0 Å². The van der Waals surface area contributed by atoms with Gasteiger partial charge in [0.05, 0.1) is 22.5 Å². The van der Waals surface area contributed by atoms with Crippen molar-refractivity contribution >= 4 is 26.9 Å². The highest BCUT2D eigenvalue weighted by atomic mass is 32.2. The molecule has 3 rings (SSSR count). The zero-order chi connectivity index (χ0) is 20.0. The number of para-hydroxylation sites is 2. The van der Waals surface area contributed by atoms with Gasteiger partial charge in [-0.1, -0.05) is 56.0 Å². The summed E-state index contributed by atoms with van der Waals surface area (Å²) in [5, 5.41) is 0. The van der Waals surface area contributed by atoms with Crippen LogP contribution in [0.1, 0.15) is 38.2 Å². The minimum atomic E-state index is -3.79. The number of aromatic nitrogens is 2. The Labute approximate surface area is 166 Å². The van der Waals surface area contributed by atoms with Crippen molar-refractivity contribution in [2.75, 3.05) is 11.3 Å². The molecular formula is C21H25N3O3S. The van der Waals surface area contributed by atoms with Crippen LogP contribution in [-0.4, -0.2) is 25.0 Å². The van der Waals surface area contributed by atoms with E-state index in [1.807, 2.05) is 25.1 Å². The molecule has 0 saturated carbocycles. The molecule has 1 aromatic heterocycles. The highest BCUT2D eigenvalue weighted by Gasteiger charge is 2.19. The Morgan fingerprint density at radius 1 is 0.929 bits per heavy atom. The van der Waals surface area contributed by atoms with E-state index in [9.17, 15) is 8.42 Å². The largest absolute Gasteiger partial charge is 0.475 e. The van der Waals surface area contributed by atoms with Gasteiger partial charge >= 0.3 is 0 Å². The maximum absolute atomic E-state index is 12.8. The van der Waals surface area contributed by atoms with Gasteiger partial charge in [0.15, 0.2) is 0 Å². The number of aryl methyl sites for hydroxylation is 1. The zero-order valence-corrected chi connectivity index (χ0v) is 17.0. The number of rotatable bonds is 9. The Bertz CT molecular complexity index is 1030. The summed E-state index contributed by atoms with van der Waals surface area (Å²) < 4.78 is 33.9.